The van der Waals surface area contributed by atoms with Gasteiger partial charge in [-0.2, -0.15) is 0 Å². The molecule has 1 aliphatic heterocycles. The molecular weight excluding hydrogens is 496 g/mol. The van der Waals surface area contributed by atoms with Crippen LogP contribution in [0.15, 0.2) is 109 Å². The molecule has 1 heterocycles. The monoisotopic (exact) mass is 530 g/mol. The van der Waals surface area contributed by atoms with Gasteiger partial charge in [0.2, 0.25) is 5.91 Å². The van der Waals surface area contributed by atoms with Gasteiger partial charge in [-0.1, -0.05) is 91.0 Å². The van der Waals surface area contributed by atoms with Crippen LogP contribution < -0.4 is 5.32 Å². The Labute approximate surface area is 235 Å². The highest BCUT2D eigenvalue weighted by atomic mass is 16.2. The molecule has 40 heavy (non-hydrogen) atoms. The summed E-state index contributed by atoms with van der Waals surface area (Å²) in [5, 5.41) is 3.25. The Morgan fingerprint density at radius 2 is 1.35 bits per heavy atom. The van der Waals surface area contributed by atoms with Crippen LogP contribution in [0.25, 0.3) is 11.1 Å². The Kier molecular flexibility index (Phi) is 7.92. The van der Waals surface area contributed by atoms with Crippen LogP contribution in [0.1, 0.15) is 64.6 Å². The lowest BCUT2D eigenvalue weighted by molar-refractivity contribution is -0.129. The minimum atomic E-state index is -0.702. The summed E-state index contributed by atoms with van der Waals surface area (Å²) >= 11 is 0. The van der Waals surface area contributed by atoms with Crippen LogP contribution in [0.3, 0.4) is 0 Å². The molecule has 5 rings (SSSR count). The van der Waals surface area contributed by atoms with Gasteiger partial charge in [0, 0.05) is 24.2 Å². The molecule has 0 aliphatic carbocycles. The molecule has 1 N–H and O–H groups in total. The molecule has 0 bridgehead atoms. The summed E-state index contributed by atoms with van der Waals surface area (Å²) in [6.07, 6.45) is 1.10. The summed E-state index contributed by atoms with van der Waals surface area (Å²) in [7, 11) is 0. The number of rotatable bonds is 7. The molecule has 5 nitrogen and oxygen atoms in total. The van der Waals surface area contributed by atoms with Crippen LogP contribution in [0.2, 0.25) is 0 Å². The van der Waals surface area contributed by atoms with Crippen LogP contribution in [0.5, 0.6) is 0 Å². The third-order valence-electron chi connectivity index (χ3n) is 8.05. The number of amides is 2. The van der Waals surface area contributed by atoms with Gasteiger partial charge in [-0.25, -0.2) is 0 Å². The summed E-state index contributed by atoms with van der Waals surface area (Å²) in [6, 6.07) is 34.8. The Balaban J connectivity index is 1.31. The topological polar surface area (TPSA) is 66.5 Å². The molecule has 1 atom stereocenters. The first-order chi connectivity index (χ1) is 19.4. The van der Waals surface area contributed by atoms with Gasteiger partial charge in [-0.15, -0.1) is 0 Å². The van der Waals surface area contributed by atoms with Crippen molar-refractivity contribution in [1.82, 2.24) is 10.2 Å². The quantitative estimate of drug-likeness (QED) is 0.274. The maximum atomic E-state index is 13.9. The van der Waals surface area contributed by atoms with E-state index in [0.717, 1.165) is 22.3 Å². The number of likely N-dealkylation sites (tertiary alicyclic amines) is 1. The van der Waals surface area contributed by atoms with Crippen molar-refractivity contribution in [1.29, 1.82) is 0 Å². The van der Waals surface area contributed by atoms with Crippen LogP contribution in [-0.4, -0.2) is 35.6 Å². The molecule has 202 valence electrons. The zero-order valence-electron chi connectivity index (χ0n) is 23.0. The molecule has 0 spiro atoms. The molecular formula is C35H34N2O3. The average molecular weight is 531 g/mol. The number of carbonyl (C=O) groups is 3. The van der Waals surface area contributed by atoms with Crippen LogP contribution >= 0.6 is 0 Å². The molecule has 4 aromatic carbocycles. The number of nitrogens with one attached hydrogen (secondary N) is 1. The minimum absolute atomic E-state index is 0.000652. The molecule has 0 saturated carbocycles. The third kappa shape index (κ3) is 5.59. The molecule has 0 radical (unpaired) electrons. The SMILES string of the molecule is CC(=O)c1cccc(-c2ccc(C(=O)N3CCC(C(=O)N[C@@H](C)c4ccccc4)(c4ccccc4)CC3)cc2)c1. The summed E-state index contributed by atoms with van der Waals surface area (Å²) < 4.78 is 0. The second-order valence-electron chi connectivity index (χ2n) is 10.6. The predicted octanol–water partition coefficient (Wildman–Crippen LogP) is 6.61. The van der Waals surface area contributed by atoms with E-state index in [1.54, 1.807) is 13.0 Å². The van der Waals surface area contributed by atoms with E-state index >= 15 is 0 Å². The molecule has 1 aliphatic rings. The summed E-state index contributed by atoms with van der Waals surface area (Å²) in [6.45, 7) is 4.54. The fourth-order valence-electron chi connectivity index (χ4n) is 5.56. The second-order valence-corrected chi connectivity index (χ2v) is 10.6. The van der Waals surface area contributed by atoms with Crippen molar-refractivity contribution >= 4 is 17.6 Å². The number of benzene rings is 4. The Hall–Kier alpha value is -4.51. The highest BCUT2D eigenvalue weighted by Crippen LogP contribution is 2.37. The highest BCUT2D eigenvalue weighted by molar-refractivity contribution is 5.97. The molecule has 2 amide bonds. The molecule has 1 fully saturated rings. The lowest BCUT2D eigenvalue weighted by Crippen LogP contribution is -2.53. The highest BCUT2D eigenvalue weighted by Gasteiger charge is 2.44. The van der Waals surface area contributed by atoms with Gasteiger partial charge in [-0.3, -0.25) is 14.4 Å². The van der Waals surface area contributed by atoms with Crippen molar-refractivity contribution < 1.29 is 14.4 Å². The maximum Gasteiger partial charge on any atom is 0.253 e. The molecule has 1 saturated heterocycles. The van der Waals surface area contributed by atoms with E-state index in [1.165, 1.54) is 0 Å². The summed E-state index contributed by atoms with van der Waals surface area (Å²) in [4.78, 5) is 40.9. The number of Topliss-reactive ketones (excluding diaryl/α,β-unsaturated/α-hetero) is 1. The summed E-state index contributed by atoms with van der Waals surface area (Å²) in [5.41, 5.74) is 4.50. The smallest absolute Gasteiger partial charge is 0.253 e. The number of hydrogen-bond donors (Lipinski definition) is 1. The number of hydrogen-bond acceptors (Lipinski definition) is 3. The van der Waals surface area contributed by atoms with E-state index in [1.807, 2.05) is 115 Å². The molecule has 0 aromatic heterocycles. The van der Waals surface area contributed by atoms with Gasteiger partial charge in [0.05, 0.1) is 11.5 Å². The number of carbonyl (C=O) groups excluding carboxylic acids is 3. The Bertz CT molecular complexity index is 1490. The molecule has 5 heteroatoms. The van der Waals surface area contributed by atoms with E-state index < -0.39 is 5.41 Å². The Morgan fingerprint density at radius 1 is 0.725 bits per heavy atom. The van der Waals surface area contributed by atoms with Crippen molar-refractivity contribution in [2.45, 2.75) is 38.1 Å². The van der Waals surface area contributed by atoms with Gasteiger partial charge in [0.1, 0.15) is 0 Å². The van der Waals surface area contributed by atoms with Gasteiger partial charge in [0.25, 0.3) is 5.91 Å². The third-order valence-corrected chi connectivity index (χ3v) is 8.05. The minimum Gasteiger partial charge on any atom is -0.349 e. The standard InChI is InChI=1S/C35H34N2O3/c1-25(27-10-5-3-6-11-27)36-34(40)35(32-14-7-4-8-15-32)20-22-37(23-21-35)33(39)29-18-16-28(17-19-29)31-13-9-12-30(24-31)26(2)38/h3-19,24-25H,20-23H2,1-2H3,(H,36,40)/t25-/m0/s1. The van der Waals surface area contributed by atoms with Crippen molar-refractivity contribution in [2.24, 2.45) is 0 Å². The van der Waals surface area contributed by atoms with E-state index in [4.69, 9.17) is 0 Å². The van der Waals surface area contributed by atoms with Gasteiger partial charge < -0.3 is 10.2 Å². The zero-order chi connectivity index (χ0) is 28.1. The lowest BCUT2D eigenvalue weighted by Gasteiger charge is -2.41. The lowest BCUT2D eigenvalue weighted by atomic mass is 9.71. The van der Waals surface area contributed by atoms with Crippen LogP contribution in [0, 0.1) is 0 Å². The zero-order valence-corrected chi connectivity index (χ0v) is 23.0. The van der Waals surface area contributed by atoms with E-state index in [9.17, 15) is 14.4 Å². The van der Waals surface area contributed by atoms with Crippen molar-refractivity contribution in [2.75, 3.05) is 13.1 Å². The number of nitrogens with zero attached hydrogens (tertiary/aromatic N) is 1. The number of piperidine rings is 1. The maximum absolute atomic E-state index is 13.9. The second kappa shape index (κ2) is 11.7. The molecule has 4 aromatic rings. The van der Waals surface area contributed by atoms with Gasteiger partial charge >= 0.3 is 0 Å². The number of ketones is 1. The Morgan fingerprint density at radius 3 is 1.98 bits per heavy atom. The molecule has 0 unspecified atom stereocenters. The van der Waals surface area contributed by atoms with Gasteiger partial charge in [0.15, 0.2) is 5.78 Å². The first kappa shape index (κ1) is 27.1. The van der Waals surface area contributed by atoms with Crippen LogP contribution in [0.4, 0.5) is 0 Å². The normalized spacial score (nSPS) is 15.2. The van der Waals surface area contributed by atoms with E-state index in [0.29, 0.717) is 37.1 Å². The first-order valence-electron chi connectivity index (χ1n) is 13.8. The van der Waals surface area contributed by atoms with Crippen molar-refractivity contribution in [3.05, 3.63) is 131 Å². The van der Waals surface area contributed by atoms with Crippen molar-refractivity contribution in [3.63, 3.8) is 0 Å². The predicted molar refractivity (Wildman–Crippen MR) is 158 cm³/mol. The van der Waals surface area contributed by atoms with Crippen molar-refractivity contribution in [3.8, 4) is 11.1 Å². The summed E-state index contributed by atoms with van der Waals surface area (Å²) in [5.74, 6) is -0.0170. The largest absolute Gasteiger partial charge is 0.349 e. The van der Waals surface area contributed by atoms with E-state index in [-0.39, 0.29) is 23.6 Å². The first-order valence-corrected chi connectivity index (χ1v) is 13.8. The fraction of sp³-hybridized carbons (Fsp3) is 0.229. The fourth-order valence-corrected chi connectivity index (χ4v) is 5.56. The van der Waals surface area contributed by atoms with Crippen LogP contribution in [-0.2, 0) is 10.2 Å². The van der Waals surface area contributed by atoms with Gasteiger partial charge in [-0.05, 0) is 67.1 Å². The van der Waals surface area contributed by atoms with E-state index in [2.05, 4.69) is 5.32 Å². The average Bonchev–Trinajstić information content (AvgIpc) is 3.01.